The van der Waals surface area contributed by atoms with Gasteiger partial charge in [0.05, 0.1) is 5.39 Å². The Morgan fingerprint density at radius 3 is 2.81 bits per heavy atom. The Morgan fingerprint density at radius 2 is 2.12 bits per heavy atom. The Bertz CT molecular complexity index is 642. The van der Waals surface area contributed by atoms with E-state index in [-0.39, 0.29) is 5.56 Å². The molecule has 0 N–H and O–H groups in total. The molecule has 16 heavy (non-hydrogen) atoms. The van der Waals surface area contributed by atoms with Gasteiger partial charge in [-0.1, -0.05) is 6.92 Å². The second kappa shape index (κ2) is 4.40. The summed E-state index contributed by atoms with van der Waals surface area (Å²) in [5.74, 6) is -0.583. The molecule has 0 aliphatic carbocycles. The molecule has 5 heteroatoms. The largest absolute Gasteiger partial charge is 0.422 e. The molecule has 1 heterocycles. The fourth-order valence-electron chi connectivity index (χ4n) is 1.55. The van der Waals surface area contributed by atoms with Gasteiger partial charge in [0.1, 0.15) is 5.58 Å². The van der Waals surface area contributed by atoms with E-state index in [2.05, 4.69) is 22.6 Å². The third-order valence-corrected chi connectivity index (χ3v) is 2.95. The molecule has 0 aliphatic rings. The van der Waals surface area contributed by atoms with Crippen molar-refractivity contribution in [2.75, 3.05) is 0 Å². The average molecular weight is 331 g/mol. The van der Waals surface area contributed by atoms with E-state index in [1.165, 1.54) is 0 Å². The van der Waals surface area contributed by atoms with Crippen molar-refractivity contribution < 1.29 is 4.42 Å². The van der Waals surface area contributed by atoms with Crippen molar-refractivity contribution in [1.82, 2.24) is 4.57 Å². The number of hydrogen-bond donors (Lipinski definition) is 0. The molecule has 0 saturated heterocycles. The smallest absolute Gasteiger partial charge is 0.409 e. The van der Waals surface area contributed by atoms with Gasteiger partial charge in [-0.3, -0.25) is 4.79 Å². The molecule has 1 aromatic heterocycles. The van der Waals surface area contributed by atoms with E-state index in [0.29, 0.717) is 17.5 Å². The first kappa shape index (κ1) is 11.4. The zero-order chi connectivity index (χ0) is 11.7. The molecular weight excluding hydrogens is 321 g/mol. The van der Waals surface area contributed by atoms with Crippen molar-refractivity contribution >= 4 is 33.6 Å². The van der Waals surface area contributed by atoms with Gasteiger partial charge in [-0.2, -0.15) is 0 Å². The van der Waals surface area contributed by atoms with Crippen LogP contribution in [0, 0.1) is 3.57 Å². The van der Waals surface area contributed by atoms with Crippen molar-refractivity contribution in [3.63, 3.8) is 0 Å². The predicted molar refractivity (Wildman–Crippen MR) is 69.8 cm³/mol. The van der Waals surface area contributed by atoms with Gasteiger partial charge in [0.2, 0.25) is 0 Å². The molecule has 1 aromatic carbocycles. The van der Waals surface area contributed by atoms with E-state index in [1.807, 2.05) is 6.92 Å². The standard InChI is InChI=1S/C11H10INO3/c1-2-5-13-10(14)8-6-7(12)3-4-9(8)16-11(13)15/h3-4,6H,2,5H2,1H3. The van der Waals surface area contributed by atoms with Gasteiger partial charge >= 0.3 is 5.76 Å². The van der Waals surface area contributed by atoms with Gasteiger partial charge < -0.3 is 4.42 Å². The predicted octanol–water partition coefficient (Wildman–Crippen LogP) is 1.97. The van der Waals surface area contributed by atoms with Crippen LogP contribution in [0.5, 0.6) is 0 Å². The normalized spacial score (nSPS) is 10.9. The lowest BCUT2D eigenvalue weighted by Gasteiger charge is -2.03. The van der Waals surface area contributed by atoms with Gasteiger partial charge in [-0.25, -0.2) is 9.36 Å². The highest BCUT2D eigenvalue weighted by Crippen LogP contribution is 2.12. The first-order chi connectivity index (χ1) is 7.63. The minimum Gasteiger partial charge on any atom is -0.409 e. The van der Waals surface area contributed by atoms with Crippen LogP contribution in [-0.4, -0.2) is 4.57 Å². The minimum atomic E-state index is -0.583. The third kappa shape index (κ3) is 1.91. The van der Waals surface area contributed by atoms with Crippen LogP contribution in [-0.2, 0) is 6.54 Å². The van der Waals surface area contributed by atoms with Crippen LogP contribution in [0.2, 0.25) is 0 Å². The summed E-state index contributed by atoms with van der Waals surface area (Å²) in [5.41, 5.74) is 0.0781. The topological polar surface area (TPSA) is 52.2 Å². The maximum Gasteiger partial charge on any atom is 0.422 e. The number of halogens is 1. The first-order valence-electron chi connectivity index (χ1n) is 4.96. The van der Waals surface area contributed by atoms with E-state index in [4.69, 9.17) is 4.42 Å². The number of nitrogens with zero attached hydrogens (tertiary/aromatic N) is 1. The lowest BCUT2D eigenvalue weighted by molar-refractivity contribution is 0.453. The lowest BCUT2D eigenvalue weighted by Crippen LogP contribution is -2.32. The summed E-state index contributed by atoms with van der Waals surface area (Å²) in [6, 6.07) is 5.18. The maximum absolute atomic E-state index is 12.0. The highest BCUT2D eigenvalue weighted by atomic mass is 127. The zero-order valence-corrected chi connectivity index (χ0v) is 10.9. The Morgan fingerprint density at radius 1 is 1.38 bits per heavy atom. The second-order valence-electron chi connectivity index (χ2n) is 3.47. The number of benzene rings is 1. The Kier molecular flexibility index (Phi) is 3.13. The molecule has 0 amide bonds. The molecule has 0 saturated carbocycles. The summed E-state index contributed by atoms with van der Waals surface area (Å²) in [7, 11) is 0. The fraction of sp³-hybridized carbons (Fsp3) is 0.273. The molecule has 2 aromatic rings. The highest BCUT2D eigenvalue weighted by Gasteiger charge is 2.08. The van der Waals surface area contributed by atoms with Gasteiger partial charge in [-0.05, 0) is 47.2 Å². The van der Waals surface area contributed by atoms with Gasteiger partial charge in [-0.15, -0.1) is 0 Å². The van der Waals surface area contributed by atoms with Gasteiger partial charge in [0.25, 0.3) is 5.56 Å². The summed E-state index contributed by atoms with van der Waals surface area (Å²) in [5, 5.41) is 0.458. The Balaban J connectivity index is 2.85. The third-order valence-electron chi connectivity index (χ3n) is 2.28. The minimum absolute atomic E-state index is 0.272. The Hall–Kier alpha value is -1.11. The number of aromatic nitrogens is 1. The number of rotatable bonds is 2. The van der Waals surface area contributed by atoms with Gasteiger partial charge in [0, 0.05) is 10.1 Å². The summed E-state index contributed by atoms with van der Waals surface area (Å²) >= 11 is 2.12. The summed E-state index contributed by atoms with van der Waals surface area (Å²) in [6.45, 7) is 2.30. The molecule has 0 fully saturated rings. The molecule has 0 radical (unpaired) electrons. The highest BCUT2D eigenvalue weighted by molar-refractivity contribution is 14.1. The van der Waals surface area contributed by atoms with Crippen LogP contribution in [0.3, 0.4) is 0 Å². The van der Waals surface area contributed by atoms with Crippen LogP contribution < -0.4 is 11.3 Å². The molecule has 0 bridgehead atoms. The summed E-state index contributed by atoms with van der Waals surface area (Å²) < 4.78 is 7.17. The van der Waals surface area contributed by atoms with Crippen molar-refractivity contribution in [2.24, 2.45) is 0 Å². The summed E-state index contributed by atoms with van der Waals surface area (Å²) in [6.07, 6.45) is 0.722. The van der Waals surface area contributed by atoms with E-state index >= 15 is 0 Å². The molecule has 0 unspecified atom stereocenters. The van der Waals surface area contributed by atoms with E-state index in [1.54, 1.807) is 18.2 Å². The van der Waals surface area contributed by atoms with Crippen LogP contribution in [0.1, 0.15) is 13.3 Å². The molecule has 4 nitrogen and oxygen atoms in total. The van der Waals surface area contributed by atoms with E-state index in [9.17, 15) is 9.59 Å². The van der Waals surface area contributed by atoms with Crippen LogP contribution in [0.25, 0.3) is 11.0 Å². The van der Waals surface area contributed by atoms with Gasteiger partial charge in [0.15, 0.2) is 0 Å². The van der Waals surface area contributed by atoms with Crippen LogP contribution >= 0.6 is 22.6 Å². The number of fused-ring (bicyclic) bond motifs is 1. The quantitative estimate of drug-likeness (QED) is 0.791. The average Bonchev–Trinajstić information content (AvgIpc) is 2.26. The van der Waals surface area contributed by atoms with Crippen molar-refractivity contribution in [2.45, 2.75) is 19.9 Å². The van der Waals surface area contributed by atoms with E-state index < -0.39 is 5.76 Å². The molecular formula is C11H10INO3. The van der Waals surface area contributed by atoms with E-state index in [0.717, 1.165) is 14.6 Å². The summed E-state index contributed by atoms with van der Waals surface area (Å²) in [4.78, 5) is 23.5. The van der Waals surface area contributed by atoms with Crippen molar-refractivity contribution in [3.8, 4) is 0 Å². The monoisotopic (exact) mass is 331 g/mol. The van der Waals surface area contributed by atoms with Crippen molar-refractivity contribution in [3.05, 3.63) is 42.7 Å². The molecule has 84 valence electrons. The molecule has 0 atom stereocenters. The fourth-order valence-corrected chi connectivity index (χ4v) is 2.04. The molecule has 2 rings (SSSR count). The Labute approximate surface area is 105 Å². The first-order valence-corrected chi connectivity index (χ1v) is 6.04. The second-order valence-corrected chi connectivity index (χ2v) is 4.71. The molecule has 0 spiro atoms. The molecule has 0 aliphatic heterocycles. The van der Waals surface area contributed by atoms with Crippen LogP contribution in [0.4, 0.5) is 0 Å². The number of hydrogen-bond acceptors (Lipinski definition) is 3. The maximum atomic E-state index is 12.0. The zero-order valence-electron chi connectivity index (χ0n) is 8.70. The lowest BCUT2D eigenvalue weighted by atomic mass is 10.2. The van der Waals surface area contributed by atoms with Crippen molar-refractivity contribution in [1.29, 1.82) is 0 Å². The van der Waals surface area contributed by atoms with Crippen LogP contribution in [0.15, 0.2) is 32.2 Å². The SMILES string of the molecule is CCCn1c(=O)oc2ccc(I)cc2c1=O.